The largest absolute Gasteiger partial charge is 0.451 e. The van der Waals surface area contributed by atoms with Crippen molar-refractivity contribution in [1.82, 2.24) is 9.80 Å². The SMILES string of the molecule is O=C(c1cc2ccccc2o1)N1CCC[C@H](N2CCCC2)C1. The highest BCUT2D eigenvalue weighted by molar-refractivity contribution is 5.96. The average Bonchev–Trinajstić information content (AvgIpc) is 3.23. The van der Waals surface area contributed by atoms with Crippen molar-refractivity contribution in [2.24, 2.45) is 0 Å². The molecule has 1 amide bonds. The van der Waals surface area contributed by atoms with Crippen LogP contribution in [0.2, 0.25) is 0 Å². The molecule has 2 aliphatic rings. The number of hydrogen-bond acceptors (Lipinski definition) is 3. The van der Waals surface area contributed by atoms with Crippen molar-refractivity contribution in [2.45, 2.75) is 31.7 Å². The molecule has 1 aromatic carbocycles. The molecule has 2 saturated heterocycles. The Labute approximate surface area is 130 Å². The van der Waals surface area contributed by atoms with E-state index in [0.717, 1.165) is 30.5 Å². The number of amides is 1. The smallest absolute Gasteiger partial charge is 0.289 e. The third-order valence-corrected chi connectivity index (χ3v) is 4.98. The molecule has 4 nitrogen and oxygen atoms in total. The molecule has 4 rings (SSSR count). The molecular formula is C18H22N2O2. The van der Waals surface area contributed by atoms with Gasteiger partial charge in [-0.15, -0.1) is 0 Å². The number of para-hydroxylation sites is 1. The fraction of sp³-hybridized carbons (Fsp3) is 0.500. The summed E-state index contributed by atoms with van der Waals surface area (Å²) >= 11 is 0. The van der Waals surface area contributed by atoms with Crippen LogP contribution < -0.4 is 0 Å². The van der Waals surface area contributed by atoms with Crippen LogP contribution in [0.1, 0.15) is 36.2 Å². The molecule has 4 heteroatoms. The number of benzene rings is 1. The molecule has 22 heavy (non-hydrogen) atoms. The van der Waals surface area contributed by atoms with Crippen LogP contribution in [0.4, 0.5) is 0 Å². The lowest BCUT2D eigenvalue weighted by Gasteiger charge is -2.37. The van der Waals surface area contributed by atoms with Crippen molar-refractivity contribution in [3.8, 4) is 0 Å². The predicted octanol–water partition coefficient (Wildman–Crippen LogP) is 3.13. The van der Waals surface area contributed by atoms with Gasteiger partial charge in [-0.2, -0.15) is 0 Å². The van der Waals surface area contributed by atoms with Gasteiger partial charge >= 0.3 is 0 Å². The topological polar surface area (TPSA) is 36.7 Å². The highest BCUT2D eigenvalue weighted by Crippen LogP contribution is 2.24. The number of likely N-dealkylation sites (tertiary alicyclic amines) is 2. The maximum atomic E-state index is 12.7. The normalized spacial score (nSPS) is 23.3. The van der Waals surface area contributed by atoms with Crippen LogP contribution in [0, 0.1) is 0 Å². The van der Waals surface area contributed by atoms with Gasteiger partial charge in [-0.3, -0.25) is 9.69 Å². The number of nitrogens with zero attached hydrogens (tertiary/aromatic N) is 2. The minimum absolute atomic E-state index is 0.0418. The molecule has 2 aliphatic heterocycles. The fourth-order valence-corrected chi connectivity index (χ4v) is 3.79. The van der Waals surface area contributed by atoms with Crippen molar-refractivity contribution >= 4 is 16.9 Å². The van der Waals surface area contributed by atoms with Gasteiger partial charge < -0.3 is 9.32 Å². The van der Waals surface area contributed by atoms with Crippen molar-refractivity contribution in [3.05, 3.63) is 36.1 Å². The van der Waals surface area contributed by atoms with E-state index in [2.05, 4.69) is 4.90 Å². The van der Waals surface area contributed by atoms with E-state index in [1.807, 2.05) is 35.2 Å². The van der Waals surface area contributed by atoms with Gasteiger partial charge in [0, 0.05) is 24.5 Å². The molecular weight excluding hydrogens is 276 g/mol. The van der Waals surface area contributed by atoms with Crippen molar-refractivity contribution in [2.75, 3.05) is 26.2 Å². The lowest BCUT2D eigenvalue weighted by atomic mass is 10.0. The van der Waals surface area contributed by atoms with E-state index in [0.29, 0.717) is 11.8 Å². The molecule has 0 spiro atoms. The van der Waals surface area contributed by atoms with Crippen LogP contribution in [0.15, 0.2) is 34.7 Å². The highest BCUT2D eigenvalue weighted by atomic mass is 16.3. The molecule has 0 saturated carbocycles. The van der Waals surface area contributed by atoms with Crippen LogP contribution >= 0.6 is 0 Å². The molecule has 0 unspecified atom stereocenters. The number of hydrogen-bond donors (Lipinski definition) is 0. The summed E-state index contributed by atoms with van der Waals surface area (Å²) in [4.78, 5) is 17.3. The Morgan fingerprint density at radius 1 is 1.09 bits per heavy atom. The maximum Gasteiger partial charge on any atom is 0.289 e. The van der Waals surface area contributed by atoms with Crippen molar-refractivity contribution in [1.29, 1.82) is 0 Å². The molecule has 0 aliphatic carbocycles. The quantitative estimate of drug-likeness (QED) is 0.854. The molecule has 2 aromatic rings. The molecule has 1 atom stereocenters. The summed E-state index contributed by atoms with van der Waals surface area (Å²) in [7, 11) is 0. The first-order valence-corrected chi connectivity index (χ1v) is 8.33. The lowest BCUT2D eigenvalue weighted by molar-refractivity contribution is 0.0580. The molecule has 3 heterocycles. The maximum absolute atomic E-state index is 12.7. The molecule has 0 radical (unpaired) electrons. The second kappa shape index (κ2) is 5.76. The number of fused-ring (bicyclic) bond motifs is 1. The lowest BCUT2D eigenvalue weighted by Crippen LogP contribution is -2.48. The van der Waals surface area contributed by atoms with E-state index in [9.17, 15) is 4.79 Å². The van der Waals surface area contributed by atoms with E-state index in [4.69, 9.17) is 4.42 Å². The Balaban J connectivity index is 1.51. The number of rotatable bonds is 2. The van der Waals surface area contributed by atoms with Crippen LogP contribution in [0.3, 0.4) is 0 Å². The Bertz CT molecular complexity index is 640. The highest BCUT2D eigenvalue weighted by Gasteiger charge is 2.30. The van der Waals surface area contributed by atoms with E-state index >= 15 is 0 Å². The Hall–Kier alpha value is -1.81. The zero-order valence-electron chi connectivity index (χ0n) is 12.8. The summed E-state index contributed by atoms with van der Waals surface area (Å²) < 4.78 is 5.74. The van der Waals surface area contributed by atoms with E-state index in [-0.39, 0.29) is 5.91 Å². The van der Waals surface area contributed by atoms with Gasteiger partial charge in [0.05, 0.1) is 0 Å². The zero-order valence-corrected chi connectivity index (χ0v) is 12.8. The van der Waals surface area contributed by atoms with Crippen LogP contribution in [0.25, 0.3) is 11.0 Å². The first kappa shape index (κ1) is 13.8. The number of furan rings is 1. The zero-order chi connectivity index (χ0) is 14.9. The molecule has 0 bridgehead atoms. The van der Waals surface area contributed by atoms with Gasteiger partial charge in [0.2, 0.25) is 0 Å². The van der Waals surface area contributed by atoms with E-state index < -0.39 is 0 Å². The van der Waals surface area contributed by atoms with Crippen LogP contribution in [-0.2, 0) is 0 Å². The molecule has 1 aromatic heterocycles. The third kappa shape index (κ3) is 2.52. The summed E-state index contributed by atoms with van der Waals surface area (Å²) in [6, 6.07) is 10.2. The minimum atomic E-state index is 0.0418. The Kier molecular flexibility index (Phi) is 3.62. The Morgan fingerprint density at radius 2 is 1.91 bits per heavy atom. The first-order chi connectivity index (χ1) is 10.8. The fourth-order valence-electron chi connectivity index (χ4n) is 3.79. The standard InChI is InChI=1S/C18H22N2O2/c21-18(17-12-14-6-1-2-8-16(14)22-17)20-11-5-7-15(13-20)19-9-3-4-10-19/h1-2,6,8,12,15H,3-5,7,9-11,13H2/t15-/m0/s1. The van der Waals surface area contributed by atoms with Crippen molar-refractivity contribution < 1.29 is 9.21 Å². The third-order valence-electron chi connectivity index (χ3n) is 4.98. The average molecular weight is 298 g/mol. The first-order valence-electron chi connectivity index (χ1n) is 8.33. The number of piperidine rings is 1. The minimum Gasteiger partial charge on any atom is -0.451 e. The summed E-state index contributed by atoms with van der Waals surface area (Å²) in [6.07, 6.45) is 4.90. The van der Waals surface area contributed by atoms with E-state index in [1.165, 1.54) is 32.4 Å². The van der Waals surface area contributed by atoms with Crippen LogP contribution in [-0.4, -0.2) is 47.9 Å². The summed E-state index contributed by atoms with van der Waals surface area (Å²) in [6.45, 7) is 4.07. The van der Waals surface area contributed by atoms with Gasteiger partial charge in [0.15, 0.2) is 5.76 Å². The summed E-state index contributed by atoms with van der Waals surface area (Å²) in [5.74, 6) is 0.517. The van der Waals surface area contributed by atoms with Crippen molar-refractivity contribution in [3.63, 3.8) is 0 Å². The molecule has 116 valence electrons. The van der Waals surface area contributed by atoms with Gasteiger partial charge in [-0.25, -0.2) is 0 Å². The molecule has 0 N–H and O–H groups in total. The number of carbonyl (C=O) groups excluding carboxylic acids is 1. The Morgan fingerprint density at radius 3 is 2.73 bits per heavy atom. The summed E-state index contributed by atoms with van der Waals surface area (Å²) in [5.41, 5.74) is 0.791. The van der Waals surface area contributed by atoms with E-state index in [1.54, 1.807) is 0 Å². The van der Waals surface area contributed by atoms with Gasteiger partial charge in [-0.05, 0) is 50.9 Å². The van der Waals surface area contributed by atoms with Gasteiger partial charge in [-0.1, -0.05) is 18.2 Å². The second-order valence-corrected chi connectivity index (χ2v) is 6.44. The van der Waals surface area contributed by atoms with Crippen LogP contribution in [0.5, 0.6) is 0 Å². The monoisotopic (exact) mass is 298 g/mol. The second-order valence-electron chi connectivity index (χ2n) is 6.44. The van der Waals surface area contributed by atoms with Gasteiger partial charge in [0.25, 0.3) is 5.91 Å². The van der Waals surface area contributed by atoms with Gasteiger partial charge in [0.1, 0.15) is 5.58 Å². The summed E-state index contributed by atoms with van der Waals surface area (Å²) in [5, 5.41) is 0.999. The number of carbonyl (C=O) groups is 1. The molecule has 2 fully saturated rings. The predicted molar refractivity (Wildman–Crippen MR) is 85.9 cm³/mol.